The zero-order valence-electron chi connectivity index (χ0n) is 9.24. The summed E-state index contributed by atoms with van der Waals surface area (Å²) < 4.78 is 10.6. The number of aromatic nitrogens is 2. The van der Waals surface area contributed by atoms with E-state index in [1.54, 1.807) is 0 Å². The van der Waals surface area contributed by atoms with Crippen molar-refractivity contribution in [3.63, 3.8) is 0 Å². The molecule has 1 unspecified atom stereocenters. The van der Waals surface area contributed by atoms with Crippen LogP contribution in [0.3, 0.4) is 0 Å². The van der Waals surface area contributed by atoms with E-state index in [0.29, 0.717) is 17.5 Å². The maximum absolute atomic E-state index is 6.01. The van der Waals surface area contributed by atoms with Gasteiger partial charge in [0.2, 0.25) is 0 Å². The van der Waals surface area contributed by atoms with Crippen molar-refractivity contribution in [1.82, 2.24) is 10.1 Å². The first kappa shape index (κ1) is 11.2. The Hall–Kier alpha value is -1.29. The average Bonchev–Trinajstić information content (AvgIpc) is 2.95. The minimum atomic E-state index is -0.210. The van der Waals surface area contributed by atoms with Gasteiger partial charge in [-0.05, 0) is 18.6 Å². The molecule has 2 rings (SSSR count). The lowest BCUT2D eigenvalue weighted by molar-refractivity contribution is 0.404. The molecule has 2 aromatic rings. The second-order valence-electron chi connectivity index (χ2n) is 3.45. The topological polar surface area (TPSA) is 52.1 Å². The molecule has 0 aliphatic rings. The maximum atomic E-state index is 6.01. The second kappa shape index (κ2) is 4.70. The molecule has 2 aromatic heterocycles. The van der Waals surface area contributed by atoms with Gasteiger partial charge >= 0.3 is 0 Å². The van der Waals surface area contributed by atoms with E-state index in [2.05, 4.69) is 10.1 Å². The molecule has 0 saturated carbocycles. The van der Waals surface area contributed by atoms with Gasteiger partial charge in [0.25, 0.3) is 5.89 Å². The van der Waals surface area contributed by atoms with E-state index in [0.717, 1.165) is 18.6 Å². The SMILES string of the molecule is CCc1ccc(-c2nc(C(Cl)CC)no2)o1. The summed E-state index contributed by atoms with van der Waals surface area (Å²) in [6.45, 7) is 3.99. The summed E-state index contributed by atoms with van der Waals surface area (Å²) in [6, 6.07) is 3.72. The minimum absolute atomic E-state index is 0.210. The van der Waals surface area contributed by atoms with Crippen LogP contribution in [0.15, 0.2) is 21.1 Å². The first-order valence-corrected chi connectivity index (χ1v) is 5.75. The summed E-state index contributed by atoms with van der Waals surface area (Å²) >= 11 is 6.01. The van der Waals surface area contributed by atoms with Crippen molar-refractivity contribution < 1.29 is 8.94 Å². The van der Waals surface area contributed by atoms with Crippen molar-refractivity contribution in [2.24, 2.45) is 0 Å². The van der Waals surface area contributed by atoms with E-state index in [-0.39, 0.29) is 5.38 Å². The largest absolute Gasteiger partial charge is 0.456 e. The first-order chi connectivity index (χ1) is 7.74. The lowest BCUT2D eigenvalue weighted by Gasteiger charge is -1.95. The maximum Gasteiger partial charge on any atom is 0.293 e. The molecule has 0 amide bonds. The van der Waals surface area contributed by atoms with Gasteiger partial charge in [-0.15, -0.1) is 11.6 Å². The third kappa shape index (κ3) is 2.11. The fraction of sp³-hybridized carbons (Fsp3) is 0.455. The Morgan fingerprint density at radius 1 is 1.38 bits per heavy atom. The zero-order valence-corrected chi connectivity index (χ0v) is 9.99. The summed E-state index contributed by atoms with van der Waals surface area (Å²) in [5, 5.41) is 3.61. The quantitative estimate of drug-likeness (QED) is 0.767. The molecule has 0 spiro atoms. The Kier molecular flexibility index (Phi) is 3.29. The van der Waals surface area contributed by atoms with Crippen LogP contribution in [0.4, 0.5) is 0 Å². The molecule has 0 bridgehead atoms. The Morgan fingerprint density at radius 3 is 2.81 bits per heavy atom. The number of alkyl halides is 1. The number of nitrogens with zero attached hydrogens (tertiary/aromatic N) is 2. The molecule has 16 heavy (non-hydrogen) atoms. The van der Waals surface area contributed by atoms with Crippen molar-refractivity contribution in [3.8, 4) is 11.7 Å². The number of hydrogen-bond acceptors (Lipinski definition) is 4. The molecule has 2 heterocycles. The molecule has 0 aromatic carbocycles. The third-order valence-corrected chi connectivity index (χ3v) is 2.81. The Labute approximate surface area is 98.6 Å². The molecule has 86 valence electrons. The fourth-order valence-electron chi connectivity index (χ4n) is 1.33. The van der Waals surface area contributed by atoms with E-state index >= 15 is 0 Å². The first-order valence-electron chi connectivity index (χ1n) is 5.31. The molecule has 0 saturated heterocycles. The Bertz CT molecular complexity index is 464. The van der Waals surface area contributed by atoms with Gasteiger partial charge in [-0.1, -0.05) is 19.0 Å². The van der Waals surface area contributed by atoms with Gasteiger partial charge in [-0.2, -0.15) is 4.98 Å². The van der Waals surface area contributed by atoms with Gasteiger partial charge < -0.3 is 8.94 Å². The van der Waals surface area contributed by atoms with Crippen LogP contribution in [-0.2, 0) is 6.42 Å². The summed E-state index contributed by atoms with van der Waals surface area (Å²) in [6.07, 6.45) is 1.60. The number of rotatable bonds is 4. The van der Waals surface area contributed by atoms with E-state index in [9.17, 15) is 0 Å². The van der Waals surface area contributed by atoms with Crippen LogP contribution >= 0.6 is 11.6 Å². The molecule has 0 aliphatic heterocycles. The normalized spacial score (nSPS) is 12.9. The van der Waals surface area contributed by atoms with Crippen LogP contribution < -0.4 is 0 Å². The van der Waals surface area contributed by atoms with Crippen molar-refractivity contribution in [2.75, 3.05) is 0 Å². The third-order valence-electron chi connectivity index (χ3n) is 2.30. The lowest BCUT2D eigenvalue weighted by Crippen LogP contribution is -1.90. The molecular weight excluding hydrogens is 228 g/mol. The molecular formula is C11H13ClN2O2. The van der Waals surface area contributed by atoms with Gasteiger partial charge in [-0.3, -0.25) is 0 Å². The molecule has 0 radical (unpaired) electrons. The van der Waals surface area contributed by atoms with Crippen LogP contribution in [-0.4, -0.2) is 10.1 Å². The number of hydrogen-bond donors (Lipinski definition) is 0. The van der Waals surface area contributed by atoms with Gasteiger partial charge in [-0.25, -0.2) is 0 Å². The van der Waals surface area contributed by atoms with E-state index in [1.807, 2.05) is 26.0 Å². The number of halogens is 1. The predicted molar refractivity (Wildman–Crippen MR) is 60.3 cm³/mol. The molecule has 0 fully saturated rings. The smallest absolute Gasteiger partial charge is 0.293 e. The monoisotopic (exact) mass is 240 g/mol. The highest BCUT2D eigenvalue weighted by Crippen LogP contribution is 2.25. The van der Waals surface area contributed by atoms with Gasteiger partial charge in [0.15, 0.2) is 11.6 Å². The van der Waals surface area contributed by atoms with Crippen LogP contribution in [0.2, 0.25) is 0 Å². The van der Waals surface area contributed by atoms with Crippen LogP contribution in [0.1, 0.15) is 37.2 Å². The fourth-order valence-corrected chi connectivity index (χ4v) is 1.42. The lowest BCUT2D eigenvalue weighted by atomic mass is 10.3. The standard InChI is InChI=1S/C11H13ClN2O2/c1-3-7-5-6-9(15-7)11-13-10(14-16-11)8(12)4-2/h5-6,8H,3-4H2,1-2H3. The van der Waals surface area contributed by atoms with Crippen molar-refractivity contribution >= 4 is 11.6 Å². The summed E-state index contributed by atoms with van der Waals surface area (Å²) in [5.74, 6) is 2.38. The average molecular weight is 241 g/mol. The van der Waals surface area contributed by atoms with Crippen LogP contribution in [0.25, 0.3) is 11.7 Å². The van der Waals surface area contributed by atoms with Crippen molar-refractivity contribution in [1.29, 1.82) is 0 Å². The predicted octanol–water partition coefficient (Wildman–Crippen LogP) is 3.58. The molecule has 4 nitrogen and oxygen atoms in total. The highest BCUT2D eigenvalue weighted by atomic mass is 35.5. The molecule has 0 N–H and O–H groups in total. The van der Waals surface area contributed by atoms with Crippen molar-refractivity contribution in [3.05, 3.63) is 23.7 Å². The molecule has 0 aliphatic carbocycles. The number of aryl methyl sites for hydroxylation is 1. The van der Waals surface area contributed by atoms with E-state index in [4.69, 9.17) is 20.5 Å². The van der Waals surface area contributed by atoms with E-state index < -0.39 is 0 Å². The van der Waals surface area contributed by atoms with Crippen LogP contribution in [0.5, 0.6) is 0 Å². The highest BCUT2D eigenvalue weighted by Gasteiger charge is 2.16. The molecule has 1 atom stereocenters. The van der Waals surface area contributed by atoms with Crippen molar-refractivity contribution in [2.45, 2.75) is 32.1 Å². The Morgan fingerprint density at radius 2 is 2.19 bits per heavy atom. The number of furan rings is 1. The van der Waals surface area contributed by atoms with Crippen LogP contribution in [0, 0.1) is 0 Å². The summed E-state index contributed by atoms with van der Waals surface area (Å²) in [4.78, 5) is 4.20. The molecule has 5 heteroatoms. The van der Waals surface area contributed by atoms with E-state index in [1.165, 1.54) is 0 Å². The summed E-state index contributed by atoms with van der Waals surface area (Å²) in [7, 11) is 0. The minimum Gasteiger partial charge on any atom is -0.456 e. The van der Waals surface area contributed by atoms with Gasteiger partial charge in [0.1, 0.15) is 5.76 Å². The second-order valence-corrected chi connectivity index (χ2v) is 3.98. The van der Waals surface area contributed by atoms with Gasteiger partial charge in [0.05, 0.1) is 5.38 Å². The Balaban J connectivity index is 2.24. The summed E-state index contributed by atoms with van der Waals surface area (Å²) in [5.41, 5.74) is 0. The highest BCUT2D eigenvalue weighted by molar-refractivity contribution is 6.20. The zero-order chi connectivity index (χ0) is 11.5. The van der Waals surface area contributed by atoms with Gasteiger partial charge in [0, 0.05) is 6.42 Å².